The van der Waals surface area contributed by atoms with Crippen molar-refractivity contribution in [2.45, 2.75) is 24.9 Å². The van der Waals surface area contributed by atoms with Gasteiger partial charge in [0.1, 0.15) is 19.9 Å². The predicted molar refractivity (Wildman–Crippen MR) is 144 cm³/mol. The molecule has 9 nitrogen and oxygen atoms in total. The molecule has 0 fully saturated rings. The largest absolute Gasteiger partial charge is 0.370 e. The molecule has 0 aliphatic heterocycles. The molecule has 1 heterocycles. The molecule has 2 aromatic carbocycles. The Balaban J connectivity index is 1.81. The fourth-order valence-corrected chi connectivity index (χ4v) is 4.12. The molecule has 2 atom stereocenters. The number of aliphatic imine (C=N–C) groups is 1. The van der Waals surface area contributed by atoms with Gasteiger partial charge in [0.05, 0.1) is 6.04 Å². The van der Waals surface area contributed by atoms with E-state index < -0.39 is 37.7 Å². The Morgan fingerprint density at radius 1 is 1.00 bits per heavy atom. The molecule has 3 aromatic rings. The van der Waals surface area contributed by atoms with Gasteiger partial charge < -0.3 is 26.4 Å². The third-order valence-electron chi connectivity index (χ3n) is 5.53. The first-order valence-electron chi connectivity index (χ1n) is 11.5. The molecular formula is C25H27BFN6O3P. The maximum absolute atomic E-state index is 13.5. The molecule has 6 N–H and O–H groups in total. The molecule has 0 bridgehead atoms. The van der Waals surface area contributed by atoms with Crippen LogP contribution in [0.2, 0.25) is 0 Å². The van der Waals surface area contributed by atoms with E-state index in [4.69, 9.17) is 19.0 Å². The first-order valence-corrected chi connectivity index (χ1v) is 12.8. The second-order valence-corrected chi connectivity index (χ2v) is 8.96. The van der Waals surface area contributed by atoms with Crippen LogP contribution in [-0.2, 0) is 4.79 Å². The number of amides is 2. The molecule has 12 heteroatoms. The van der Waals surface area contributed by atoms with Crippen LogP contribution in [0.25, 0.3) is 0 Å². The third kappa shape index (κ3) is 7.75. The molecule has 1 aromatic heterocycles. The molecule has 0 saturated heterocycles. The van der Waals surface area contributed by atoms with Gasteiger partial charge in [0.25, 0.3) is 11.5 Å². The van der Waals surface area contributed by atoms with Gasteiger partial charge in [-0.3, -0.25) is 19.4 Å². The molecule has 0 aliphatic rings. The van der Waals surface area contributed by atoms with Crippen molar-refractivity contribution < 1.29 is 13.8 Å². The van der Waals surface area contributed by atoms with Gasteiger partial charge in [-0.1, -0.05) is 60.7 Å². The van der Waals surface area contributed by atoms with Crippen LogP contribution in [0.1, 0.15) is 40.4 Å². The fourth-order valence-electron chi connectivity index (χ4n) is 3.83. The van der Waals surface area contributed by atoms with E-state index in [0.717, 1.165) is 11.1 Å². The third-order valence-corrected chi connectivity index (χ3v) is 5.97. The van der Waals surface area contributed by atoms with Crippen LogP contribution in [0, 0.1) is 0 Å². The first-order chi connectivity index (χ1) is 17.8. The number of hydrogen-bond acceptors (Lipinski definition) is 4. The van der Waals surface area contributed by atoms with Crippen molar-refractivity contribution in [2.75, 3.05) is 6.54 Å². The molecule has 3 rings (SSSR count). The number of rotatable bonds is 11. The van der Waals surface area contributed by atoms with Crippen LogP contribution in [0.15, 0.2) is 88.8 Å². The van der Waals surface area contributed by atoms with Crippen LogP contribution < -0.4 is 27.4 Å². The number of carbonyl (C=O) groups excluding carboxylic acids is 2. The lowest BCUT2D eigenvalue weighted by Crippen LogP contribution is -2.46. The molecule has 2 amide bonds. The number of nitrogens with zero attached hydrogens (tertiary/aromatic N) is 2. The highest BCUT2D eigenvalue weighted by molar-refractivity contribution is 7.76. The van der Waals surface area contributed by atoms with Gasteiger partial charge >= 0.3 is 0 Å². The number of primary amides is 1. The number of hydrogen-bond donors (Lipinski definition) is 4. The number of halogens is 1. The molecule has 0 spiro atoms. The van der Waals surface area contributed by atoms with Crippen molar-refractivity contribution in [2.24, 2.45) is 16.5 Å². The van der Waals surface area contributed by atoms with Gasteiger partial charge in [-0.25, -0.2) is 4.20 Å². The molecule has 0 aliphatic carbocycles. The Kier molecular flexibility index (Phi) is 9.97. The van der Waals surface area contributed by atoms with Crippen LogP contribution >= 0.6 is 8.26 Å². The van der Waals surface area contributed by atoms with Gasteiger partial charge in [-0.2, -0.15) is 0 Å². The van der Waals surface area contributed by atoms with Crippen LogP contribution in [0.4, 0.5) is 4.20 Å². The van der Waals surface area contributed by atoms with Gasteiger partial charge in [0.15, 0.2) is 13.5 Å². The van der Waals surface area contributed by atoms with E-state index in [-0.39, 0.29) is 24.5 Å². The summed E-state index contributed by atoms with van der Waals surface area (Å²) in [7, 11) is 2.56. The van der Waals surface area contributed by atoms with E-state index >= 15 is 0 Å². The van der Waals surface area contributed by atoms with E-state index in [1.807, 2.05) is 60.7 Å². The minimum absolute atomic E-state index is 0.128. The van der Waals surface area contributed by atoms with Crippen molar-refractivity contribution in [1.82, 2.24) is 15.0 Å². The van der Waals surface area contributed by atoms with Gasteiger partial charge in [0, 0.05) is 12.7 Å². The molecule has 2 radical (unpaired) electrons. The lowest BCUT2D eigenvalue weighted by molar-refractivity contribution is -0.120. The fraction of sp³-hybridized carbons (Fsp3) is 0.200. The Bertz CT molecular complexity index is 1250. The number of benzene rings is 2. The van der Waals surface area contributed by atoms with Crippen molar-refractivity contribution in [3.63, 3.8) is 0 Å². The Morgan fingerprint density at radius 2 is 1.59 bits per heavy atom. The predicted octanol–water partition coefficient (Wildman–Crippen LogP) is 2.12. The van der Waals surface area contributed by atoms with Crippen molar-refractivity contribution >= 4 is 33.6 Å². The number of guanidine groups is 1. The number of nitrogens with one attached hydrogen (secondary N) is 2. The van der Waals surface area contributed by atoms with Gasteiger partial charge in [0.2, 0.25) is 5.91 Å². The van der Waals surface area contributed by atoms with E-state index in [1.54, 1.807) is 12.3 Å². The minimum atomic E-state index is -2.43. The van der Waals surface area contributed by atoms with Crippen molar-refractivity contribution in [1.29, 1.82) is 0 Å². The normalized spacial score (nSPS) is 13.1. The zero-order chi connectivity index (χ0) is 26.8. The Hall–Kier alpha value is -3.98. The maximum Gasteiger partial charge on any atom is 0.264 e. The van der Waals surface area contributed by atoms with Crippen molar-refractivity contribution in [3.05, 3.63) is 106 Å². The zero-order valence-corrected chi connectivity index (χ0v) is 20.9. The highest BCUT2D eigenvalue weighted by Crippen LogP contribution is 2.25. The molecule has 190 valence electrons. The van der Waals surface area contributed by atoms with Crippen LogP contribution in [0.5, 0.6) is 0 Å². The molecule has 0 saturated carbocycles. The quantitative estimate of drug-likeness (QED) is 0.101. The summed E-state index contributed by atoms with van der Waals surface area (Å²) >= 11 is 0. The monoisotopic (exact) mass is 520 g/mol. The van der Waals surface area contributed by atoms with Crippen molar-refractivity contribution in [3.8, 4) is 0 Å². The Morgan fingerprint density at radius 3 is 2.14 bits per heavy atom. The maximum atomic E-state index is 13.5. The minimum Gasteiger partial charge on any atom is -0.370 e. The summed E-state index contributed by atoms with van der Waals surface area (Å²) in [5, 5.41) is 4.70. The number of aromatic nitrogens is 1. The summed E-state index contributed by atoms with van der Waals surface area (Å²) in [5.41, 5.74) is 12.0. The van der Waals surface area contributed by atoms with Gasteiger partial charge in [-0.15, -0.1) is 0 Å². The average molecular weight is 520 g/mol. The summed E-state index contributed by atoms with van der Waals surface area (Å²) < 4.78 is 14.2. The SMILES string of the molecule is [B]P(F)NC(N)=NCCC[C@H](NC(=O)c1cccn(C(c2ccccc2)c2ccccc2)c1=O)C(N)=O. The average Bonchev–Trinajstić information content (AvgIpc) is 2.87. The smallest absolute Gasteiger partial charge is 0.264 e. The summed E-state index contributed by atoms with van der Waals surface area (Å²) in [6, 6.07) is 20.4. The first kappa shape index (κ1) is 27.6. The summed E-state index contributed by atoms with van der Waals surface area (Å²) in [6.07, 6.45) is 2.08. The zero-order valence-electron chi connectivity index (χ0n) is 20.0. The number of pyridine rings is 1. The second-order valence-electron chi connectivity index (χ2n) is 8.12. The topological polar surface area (TPSA) is 145 Å². The van der Waals surface area contributed by atoms with E-state index in [0.29, 0.717) is 6.42 Å². The standard InChI is InChI=1S/C25H27BFN6O3P/c26-37(27)32-25(29)30-15-7-14-20(22(28)34)31-23(35)19-13-8-16-33(24(19)36)21(17-9-3-1-4-10-17)18-11-5-2-6-12-18/h1-6,8-13,16,20-21H,7,14-15H2,(H2,28,34)(H,31,35)(H3,29,30,32)/t20-,37?/m0/s1. The summed E-state index contributed by atoms with van der Waals surface area (Å²) in [5.74, 6) is -1.65. The molecule has 1 unspecified atom stereocenters. The molecule has 37 heavy (non-hydrogen) atoms. The van der Waals surface area contributed by atoms with Crippen LogP contribution in [0.3, 0.4) is 0 Å². The van der Waals surface area contributed by atoms with E-state index in [2.05, 4.69) is 15.4 Å². The van der Waals surface area contributed by atoms with E-state index in [9.17, 15) is 18.6 Å². The van der Waals surface area contributed by atoms with E-state index in [1.165, 1.54) is 10.6 Å². The lowest BCUT2D eigenvalue weighted by atomic mass is 9.98. The van der Waals surface area contributed by atoms with Crippen LogP contribution in [-0.4, -0.2) is 42.5 Å². The number of nitrogens with two attached hydrogens (primary N) is 2. The Labute approximate surface area is 216 Å². The number of carbonyl (C=O) groups is 2. The highest BCUT2D eigenvalue weighted by atomic mass is 31.2. The van der Waals surface area contributed by atoms with Gasteiger partial charge in [-0.05, 0) is 36.1 Å². The molecular weight excluding hydrogens is 493 g/mol. The summed E-state index contributed by atoms with van der Waals surface area (Å²) in [6.45, 7) is 0.148. The highest BCUT2D eigenvalue weighted by Gasteiger charge is 2.23. The second kappa shape index (κ2) is 13.4. The summed E-state index contributed by atoms with van der Waals surface area (Å²) in [4.78, 5) is 42.4. The lowest BCUT2D eigenvalue weighted by Gasteiger charge is -2.22.